The van der Waals surface area contributed by atoms with Crippen LogP contribution in [0.5, 0.6) is 0 Å². The van der Waals surface area contributed by atoms with Gasteiger partial charge in [0.1, 0.15) is 5.69 Å². The standard InChI is InChI=1S/C16H17BrN2O2/c1-12-3-5-13(6-4-12)11-18(2)15-8-7-14(10-17)9-16(15)19(20)21/h3-9H,10-11H2,1-2H3. The zero-order valence-corrected chi connectivity index (χ0v) is 13.6. The van der Waals surface area contributed by atoms with Crippen molar-refractivity contribution < 1.29 is 4.92 Å². The van der Waals surface area contributed by atoms with Crippen molar-refractivity contribution >= 4 is 27.3 Å². The minimum absolute atomic E-state index is 0.140. The first-order chi connectivity index (χ1) is 10.0. The molecule has 0 amide bonds. The first kappa shape index (κ1) is 15.5. The lowest BCUT2D eigenvalue weighted by Gasteiger charge is -2.19. The van der Waals surface area contributed by atoms with Gasteiger partial charge < -0.3 is 4.90 Å². The van der Waals surface area contributed by atoms with E-state index >= 15 is 0 Å². The predicted octanol–water partition coefficient (Wildman–Crippen LogP) is 4.43. The van der Waals surface area contributed by atoms with Gasteiger partial charge in [-0.3, -0.25) is 10.1 Å². The van der Waals surface area contributed by atoms with Gasteiger partial charge in [-0.05, 0) is 24.1 Å². The van der Waals surface area contributed by atoms with E-state index in [0.717, 1.165) is 11.1 Å². The molecule has 0 N–H and O–H groups in total. The molecule has 110 valence electrons. The lowest BCUT2D eigenvalue weighted by atomic mass is 10.1. The van der Waals surface area contributed by atoms with Gasteiger partial charge in [0.05, 0.1) is 4.92 Å². The van der Waals surface area contributed by atoms with Crippen molar-refractivity contribution in [2.45, 2.75) is 18.8 Å². The summed E-state index contributed by atoms with van der Waals surface area (Å²) in [5, 5.41) is 11.9. The van der Waals surface area contributed by atoms with Crippen molar-refractivity contribution in [3.8, 4) is 0 Å². The Balaban J connectivity index is 2.27. The topological polar surface area (TPSA) is 46.4 Å². The highest BCUT2D eigenvalue weighted by Crippen LogP contribution is 2.30. The summed E-state index contributed by atoms with van der Waals surface area (Å²) in [6.45, 7) is 2.67. The molecule has 0 saturated carbocycles. The molecule has 0 aromatic heterocycles. The summed E-state index contributed by atoms with van der Waals surface area (Å²) in [6, 6.07) is 13.5. The van der Waals surface area contributed by atoms with Crippen LogP contribution < -0.4 is 4.90 Å². The second-order valence-electron chi connectivity index (χ2n) is 5.06. The monoisotopic (exact) mass is 348 g/mol. The molecule has 0 atom stereocenters. The third-order valence-corrected chi connectivity index (χ3v) is 3.99. The van der Waals surface area contributed by atoms with Gasteiger partial charge in [0.15, 0.2) is 0 Å². The molecule has 0 fully saturated rings. The molecule has 2 aromatic carbocycles. The number of nitro groups is 1. The highest BCUT2D eigenvalue weighted by Gasteiger charge is 2.17. The number of benzene rings is 2. The fourth-order valence-electron chi connectivity index (χ4n) is 2.17. The van der Waals surface area contributed by atoms with Crippen LogP contribution >= 0.6 is 15.9 Å². The van der Waals surface area contributed by atoms with E-state index in [0.29, 0.717) is 17.6 Å². The minimum atomic E-state index is -0.326. The number of nitro benzene ring substituents is 1. The van der Waals surface area contributed by atoms with Crippen molar-refractivity contribution in [3.63, 3.8) is 0 Å². The van der Waals surface area contributed by atoms with Crippen molar-refractivity contribution in [3.05, 3.63) is 69.3 Å². The van der Waals surface area contributed by atoms with E-state index < -0.39 is 0 Å². The van der Waals surface area contributed by atoms with Crippen LogP contribution in [0.4, 0.5) is 11.4 Å². The third kappa shape index (κ3) is 3.82. The van der Waals surface area contributed by atoms with E-state index in [2.05, 4.69) is 15.9 Å². The third-order valence-electron chi connectivity index (χ3n) is 3.34. The van der Waals surface area contributed by atoms with Crippen LogP contribution in [0.2, 0.25) is 0 Å². The zero-order valence-electron chi connectivity index (χ0n) is 12.0. The normalized spacial score (nSPS) is 10.4. The summed E-state index contributed by atoms with van der Waals surface area (Å²) in [4.78, 5) is 12.8. The maximum Gasteiger partial charge on any atom is 0.292 e. The van der Waals surface area contributed by atoms with Crippen LogP contribution in [0.1, 0.15) is 16.7 Å². The zero-order chi connectivity index (χ0) is 15.4. The van der Waals surface area contributed by atoms with Crippen molar-refractivity contribution in [2.75, 3.05) is 11.9 Å². The van der Waals surface area contributed by atoms with Crippen LogP contribution in [-0.4, -0.2) is 12.0 Å². The molecule has 0 heterocycles. The fourth-order valence-corrected chi connectivity index (χ4v) is 2.52. The molecule has 0 aliphatic heterocycles. The molecule has 0 radical (unpaired) electrons. The number of hydrogen-bond acceptors (Lipinski definition) is 3. The average Bonchev–Trinajstić information content (AvgIpc) is 2.48. The van der Waals surface area contributed by atoms with Crippen molar-refractivity contribution in [1.29, 1.82) is 0 Å². The molecule has 21 heavy (non-hydrogen) atoms. The Labute approximate surface area is 132 Å². The van der Waals surface area contributed by atoms with E-state index in [9.17, 15) is 10.1 Å². The van der Waals surface area contributed by atoms with Crippen LogP contribution in [0.25, 0.3) is 0 Å². The molecule has 4 nitrogen and oxygen atoms in total. The van der Waals surface area contributed by atoms with Gasteiger partial charge in [0.25, 0.3) is 5.69 Å². The fraction of sp³-hybridized carbons (Fsp3) is 0.250. The molecule has 0 aliphatic carbocycles. The molecular weight excluding hydrogens is 332 g/mol. The molecule has 0 bridgehead atoms. The molecule has 5 heteroatoms. The van der Waals surface area contributed by atoms with E-state index in [1.165, 1.54) is 5.56 Å². The highest BCUT2D eigenvalue weighted by molar-refractivity contribution is 9.08. The molecule has 2 aromatic rings. The van der Waals surface area contributed by atoms with Crippen LogP contribution in [0, 0.1) is 17.0 Å². The summed E-state index contributed by atoms with van der Waals surface area (Å²) in [5.74, 6) is 0. The lowest BCUT2D eigenvalue weighted by molar-refractivity contribution is -0.384. The number of rotatable bonds is 5. The number of aryl methyl sites for hydroxylation is 1. The summed E-state index contributed by atoms with van der Waals surface area (Å²) in [5.41, 5.74) is 4.00. The smallest absolute Gasteiger partial charge is 0.292 e. The van der Waals surface area contributed by atoms with Gasteiger partial charge in [-0.25, -0.2) is 0 Å². The van der Waals surface area contributed by atoms with Gasteiger partial charge in [-0.1, -0.05) is 51.8 Å². The number of hydrogen-bond donors (Lipinski definition) is 0. The van der Waals surface area contributed by atoms with Crippen LogP contribution in [0.3, 0.4) is 0 Å². The van der Waals surface area contributed by atoms with E-state index in [1.807, 2.05) is 55.3 Å². The molecule has 0 saturated heterocycles. The van der Waals surface area contributed by atoms with Gasteiger partial charge >= 0.3 is 0 Å². The second-order valence-corrected chi connectivity index (χ2v) is 5.62. The summed E-state index contributed by atoms with van der Waals surface area (Å²) in [7, 11) is 1.87. The number of halogens is 1. The van der Waals surface area contributed by atoms with Gasteiger partial charge in [-0.2, -0.15) is 0 Å². The molecule has 0 aliphatic rings. The SMILES string of the molecule is Cc1ccc(CN(C)c2ccc(CBr)cc2[N+](=O)[O-])cc1. The van der Waals surface area contributed by atoms with Crippen LogP contribution in [0.15, 0.2) is 42.5 Å². The van der Waals surface area contributed by atoms with E-state index in [1.54, 1.807) is 6.07 Å². The Morgan fingerprint density at radius 3 is 2.33 bits per heavy atom. The Bertz CT molecular complexity index is 641. The first-order valence-electron chi connectivity index (χ1n) is 6.61. The Hall–Kier alpha value is -1.88. The molecular formula is C16H17BrN2O2. The predicted molar refractivity (Wildman–Crippen MR) is 89.0 cm³/mol. The molecule has 0 spiro atoms. The molecule has 2 rings (SSSR count). The maximum atomic E-state index is 11.3. The summed E-state index contributed by atoms with van der Waals surface area (Å²) in [6.07, 6.45) is 0. The van der Waals surface area contributed by atoms with Gasteiger partial charge in [-0.15, -0.1) is 0 Å². The Morgan fingerprint density at radius 1 is 1.14 bits per heavy atom. The van der Waals surface area contributed by atoms with Crippen molar-refractivity contribution in [2.24, 2.45) is 0 Å². The maximum absolute atomic E-state index is 11.3. The number of alkyl halides is 1. The van der Waals surface area contributed by atoms with E-state index in [-0.39, 0.29) is 10.6 Å². The molecule has 0 unspecified atom stereocenters. The van der Waals surface area contributed by atoms with E-state index in [4.69, 9.17) is 0 Å². The number of anilines is 1. The summed E-state index contributed by atoms with van der Waals surface area (Å²) >= 11 is 3.33. The Kier molecular flexibility index (Phi) is 4.96. The number of nitrogens with zero attached hydrogens (tertiary/aromatic N) is 2. The quantitative estimate of drug-likeness (QED) is 0.456. The first-order valence-corrected chi connectivity index (χ1v) is 7.73. The van der Waals surface area contributed by atoms with Gasteiger partial charge in [0, 0.05) is 25.0 Å². The second kappa shape index (κ2) is 6.72. The van der Waals surface area contributed by atoms with Crippen LogP contribution in [-0.2, 0) is 11.9 Å². The van der Waals surface area contributed by atoms with Gasteiger partial charge in [0.2, 0.25) is 0 Å². The summed E-state index contributed by atoms with van der Waals surface area (Å²) < 4.78 is 0. The lowest BCUT2D eigenvalue weighted by Crippen LogP contribution is -2.17. The van der Waals surface area contributed by atoms with Crippen molar-refractivity contribution in [1.82, 2.24) is 0 Å². The highest BCUT2D eigenvalue weighted by atomic mass is 79.9. The largest absolute Gasteiger partial charge is 0.365 e. The Morgan fingerprint density at radius 2 is 1.76 bits per heavy atom. The minimum Gasteiger partial charge on any atom is -0.365 e. The average molecular weight is 349 g/mol.